The van der Waals surface area contributed by atoms with Gasteiger partial charge in [-0.25, -0.2) is 0 Å². The van der Waals surface area contributed by atoms with Crippen molar-refractivity contribution in [2.24, 2.45) is 0 Å². The first kappa shape index (κ1) is 21.7. The highest BCUT2D eigenvalue weighted by Crippen LogP contribution is 2.31. The van der Waals surface area contributed by atoms with Gasteiger partial charge in [0.1, 0.15) is 6.61 Å². The van der Waals surface area contributed by atoms with Crippen LogP contribution in [0.1, 0.15) is 42.1 Å². The zero-order valence-electron chi connectivity index (χ0n) is 18.4. The van der Waals surface area contributed by atoms with Crippen LogP contribution in [0.25, 0.3) is 0 Å². The van der Waals surface area contributed by atoms with Crippen LogP contribution in [0.3, 0.4) is 0 Å². The van der Waals surface area contributed by atoms with E-state index < -0.39 is 0 Å². The molecule has 1 amide bonds. The second kappa shape index (κ2) is 10.7. The van der Waals surface area contributed by atoms with Gasteiger partial charge in [0.05, 0.1) is 18.0 Å². The van der Waals surface area contributed by atoms with Crippen LogP contribution in [0.4, 0.5) is 11.4 Å². The summed E-state index contributed by atoms with van der Waals surface area (Å²) in [4.78, 5) is 19.4. The van der Waals surface area contributed by atoms with Gasteiger partial charge in [0, 0.05) is 31.0 Å². The minimum absolute atomic E-state index is 0.170. The summed E-state index contributed by atoms with van der Waals surface area (Å²) in [5, 5.41) is 3.09. The zero-order chi connectivity index (χ0) is 22.2. The molecule has 1 N–H and O–H groups in total. The number of hydrogen-bond acceptors (Lipinski definition) is 5. The number of carbonyl (C=O) groups is 1. The van der Waals surface area contributed by atoms with Crippen molar-refractivity contribution >= 4 is 17.3 Å². The molecule has 0 radical (unpaired) electrons. The summed E-state index contributed by atoms with van der Waals surface area (Å²) in [6, 6.07) is 17.1. The smallest absolute Gasteiger partial charge is 0.255 e. The Labute approximate surface area is 189 Å². The van der Waals surface area contributed by atoms with Crippen molar-refractivity contribution in [1.29, 1.82) is 0 Å². The summed E-state index contributed by atoms with van der Waals surface area (Å²) in [7, 11) is 0. The fourth-order valence-electron chi connectivity index (χ4n) is 3.86. The van der Waals surface area contributed by atoms with Crippen LogP contribution < -0.4 is 19.7 Å². The quantitative estimate of drug-likeness (QED) is 0.524. The normalized spacial score (nSPS) is 13.5. The van der Waals surface area contributed by atoms with E-state index in [0.717, 1.165) is 30.0 Å². The molecule has 6 nitrogen and oxygen atoms in total. The molecule has 1 aromatic heterocycles. The third-order valence-corrected chi connectivity index (χ3v) is 5.50. The predicted octanol–water partition coefficient (Wildman–Crippen LogP) is 5.30. The zero-order valence-corrected chi connectivity index (χ0v) is 18.4. The number of pyridine rings is 1. The molecular formula is C26H29N3O3. The molecule has 0 unspecified atom stereocenters. The largest absolute Gasteiger partial charge is 0.490 e. The van der Waals surface area contributed by atoms with Crippen molar-refractivity contribution in [2.75, 3.05) is 29.9 Å². The van der Waals surface area contributed by atoms with E-state index in [0.29, 0.717) is 30.3 Å². The lowest BCUT2D eigenvalue weighted by molar-refractivity contribution is 0.102. The Balaban J connectivity index is 1.50. The van der Waals surface area contributed by atoms with Gasteiger partial charge in [0.2, 0.25) is 0 Å². The molecule has 3 aromatic rings. The van der Waals surface area contributed by atoms with Gasteiger partial charge in [-0.05, 0) is 74.2 Å². The molecule has 1 aliphatic heterocycles. The minimum Gasteiger partial charge on any atom is -0.490 e. The lowest BCUT2D eigenvalue weighted by atomic mass is 10.1. The maximum Gasteiger partial charge on any atom is 0.255 e. The number of benzene rings is 2. The van der Waals surface area contributed by atoms with E-state index in [9.17, 15) is 4.79 Å². The Hall–Kier alpha value is -3.54. The molecule has 1 saturated heterocycles. The van der Waals surface area contributed by atoms with E-state index in [2.05, 4.69) is 21.3 Å². The molecule has 32 heavy (non-hydrogen) atoms. The van der Waals surface area contributed by atoms with E-state index >= 15 is 0 Å². The number of para-hydroxylation sites is 2. The molecule has 1 fully saturated rings. The Bertz CT molecular complexity index is 1030. The fraction of sp³-hybridized carbons (Fsp3) is 0.308. The number of amides is 1. The van der Waals surface area contributed by atoms with Crippen molar-refractivity contribution in [2.45, 2.75) is 32.8 Å². The van der Waals surface area contributed by atoms with Crippen molar-refractivity contribution in [3.05, 3.63) is 78.1 Å². The summed E-state index contributed by atoms with van der Waals surface area (Å²) < 4.78 is 11.7. The van der Waals surface area contributed by atoms with Crippen LogP contribution in [0.15, 0.2) is 67.0 Å². The van der Waals surface area contributed by atoms with Crippen LogP contribution in [0.2, 0.25) is 0 Å². The van der Waals surface area contributed by atoms with Crippen molar-refractivity contribution < 1.29 is 14.3 Å². The van der Waals surface area contributed by atoms with Gasteiger partial charge in [-0.2, -0.15) is 0 Å². The van der Waals surface area contributed by atoms with E-state index in [4.69, 9.17) is 9.47 Å². The van der Waals surface area contributed by atoms with E-state index in [1.807, 2.05) is 37.3 Å². The predicted molar refractivity (Wildman–Crippen MR) is 127 cm³/mol. The molecule has 6 heteroatoms. The molecule has 0 bridgehead atoms. The Morgan fingerprint density at radius 3 is 2.53 bits per heavy atom. The second-order valence-corrected chi connectivity index (χ2v) is 7.76. The van der Waals surface area contributed by atoms with Crippen LogP contribution in [-0.2, 0) is 6.61 Å². The maximum atomic E-state index is 13.1. The molecule has 166 valence electrons. The molecule has 4 rings (SSSR count). The van der Waals surface area contributed by atoms with Crippen LogP contribution in [0.5, 0.6) is 11.5 Å². The molecule has 2 aromatic carbocycles. The summed E-state index contributed by atoms with van der Waals surface area (Å²) in [5.41, 5.74) is 3.44. The standard InChI is InChI=1S/C26H29N3O3/c1-2-31-25-18-21(10-11-24(25)32-19-20-12-14-27-15-13-20)26(30)28-22-8-4-5-9-23(22)29-16-6-3-7-17-29/h4-5,8-15,18H,2-3,6-7,16-17,19H2,1H3,(H,28,30). The van der Waals surface area contributed by atoms with Crippen molar-refractivity contribution in [1.82, 2.24) is 4.98 Å². The van der Waals surface area contributed by atoms with Gasteiger partial charge in [0.15, 0.2) is 11.5 Å². The van der Waals surface area contributed by atoms with E-state index in [1.54, 1.807) is 30.6 Å². The number of ether oxygens (including phenoxy) is 2. The first-order valence-corrected chi connectivity index (χ1v) is 11.2. The third-order valence-electron chi connectivity index (χ3n) is 5.50. The Morgan fingerprint density at radius 1 is 0.969 bits per heavy atom. The second-order valence-electron chi connectivity index (χ2n) is 7.76. The summed E-state index contributed by atoms with van der Waals surface area (Å²) >= 11 is 0. The molecular weight excluding hydrogens is 402 g/mol. The monoisotopic (exact) mass is 431 g/mol. The molecule has 0 saturated carbocycles. The highest BCUT2D eigenvalue weighted by Gasteiger charge is 2.17. The van der Waals surface area contributed by atoms with Crippen LogP contribution >= 0.6 is 0 Å². The Kier molecular flexibility index (Phi) is 7.23. The number of aromatic nitrogens is 1. The highest BCUT2D eigenvalue weighted by molar-refractivity contribution is 6.06. The summed E-state index contributed by atoms with van der Waals surface area (Å²) in [6.07, 6.45) is 7.09. The number of hydrogen-bond donors (Lipinski definition) is 1. The average molecular weight is 432 g/mol. The molecule has 0 atom stereocenters. The third kappa shape index (κ3) is 5.38. The number of piperidine rings is 1. The van der Waals surface area contributed by atoms with E-state index in [1.165, 1.54) is 19.3 Å². The van der Waals surface area contributed by atoms with Crippen LogP contribution in [-0.4, -0.2) is 30.6 Å². The van der Waals surface area contributed by atoms with Gasteiger partial charge in [0.25, 0.3) is 5.91 Å². The van der Waals surface area contributed by atoms with Gasteiger partial charge in [-0.1, -0.05) is 12.1 Å². The SMILES string of the molecule is CCOc1cc(C(=O)Nc2ccccc2N2CCCCC2)ccc1OCc1ccncc1. The number of anilines is 2. The Morgan fingerprint density at radius 2 is 1.75 bits per heavy atom. The summed E-state index contributed by atoms with van der Waals surface area (Å²) in [6.45, 7) is 4.83. The number of nitrogens with zero attached hydrogens (tertiary/aromatic N) is 2. The molecule has 0 spiro atoms. The average Bonchev–Trinajstić information content (AvgIpc) is 2.85. The molecule has 2 heterocycles. The maximum absolute atomic E-state index is 13.1. The number of nitrogens with one attached hydrogen (secondary N) is 1. The van der Waals surface area contributed by atoms with Crippen molar-refractivity contribution in [3.8, 4) is 11.5 Å². The first-order chi connectivity index (χ1) is 15.7. The lowest BCUT2D eigenvalue weighted by Gasteiger charge is -2.30. The highest BCUT2D eigenvalue weighted by atomic mass is 16.5. The van der Waals surface area contributed by atoms with Gasteiger partial charge in [-0.3, -0.25) is 9.78 Å². The van der Waals surface area contributed by atoms with Crippen molar-refractivity contribution in [3.63, 3.8) is 0 Å². The topological polar surface area (TPSA) is 63.7 Å². The number of carbonyl (C=O) groups excluding carboxylic acids is 1. The van der Waals surface area contributed by atoms with Gasteiger partial charge in [-0.15, -0.1) is 0 Å². The van der Waals surface area contributed by atoms with E-state index in [-0.39, 0.29) is 5.91 Å². The molecule has 1 aliphatic rings. The lowest BCUT2D eigenvalue weighted by Crippen LogP contribution is -2.30. The van der Waals surface area contributed by atoms with Gasteiger partial charge < -0.3 is 19.7 Å². The minimum atomic E-state index is -0.170. The molecule has 0 aliphatic carbocycles. The van der Waals surface area contributed by atoms with Crippen LogP contribution in [0, 0.1) is 0 Å². The first-order valence-electron chi connectivity index (χ1n) is 11.2. The number of rotatable bonds is 8. The summed E-state index contributed by atoms with van der Waals surface area (Å²) in [5.74, 6) is 0.989. The van der Waals surface area contributed by atoms with Gasteiger partial charge >= 0.3 is 0 Å². The fourth-order valence-corrected chi connectivity index (χ4v) is 3.86.